The van der Waals surface area contributed by atoms with Gasteiger partial charge in [0, 0.05) is 11.6 Å². The van der Waals surface area contributed by atoms with E-state index in [2.05, 4.69) is 10.1 Å². The van der Waals surface area contributed by atoms with E-state index in [-0.39, 0.29) is 18.6 Å². The van der Waals surface area contributed by atoms with Crippen LogP contribution in [0.1, 0.15) is 23.7 Å². The Hall–Kier alpha value is -2.70. The van der Waals surface area contributed by atoms with Crippen LogP contribution in [0, 0.1) is 5.82 Å². The zero-order chi connectivity index (χ0) is 16.5. The number of primary amides is 1. The molecule has 1 rings (SSSR count). The molecular weight excluding hydrogens is 291 g/mol. The van der Waals surface area contributed by atoms with E-state index in [0.29, 0.717) is 0 Å². The van der Waals surface area contributed by atoms with Gasteiger partial charge in [-0.15, -0.1) is 0 Å². The molecule has 0 radical (unpaired) electrons. The molecule has 0 aliphatic rings. The summed E-state index contributed by atoms with van der Waals surface area (Å²) >= 11 is 0. The molecule has 0 fully saturated rings. The van der Waals surface area contributed by atoms with Crippen molar-refractivity contribution in [2.24, 2.45) is 5.73 Å². The van der Waals surface area contributed by atoms with E-state index in [4.69, 9.17) is 5.73 Å². The molecule has 0 spiro atoms. The van der Waals surface area contributed by atoms with Crippen molar-refractivity contribution in [1.82, 2.24) is 5.32 Å². The van der Waals surface area contributed by atoms with Crippen LogP contribution < -0.4 is 11.1 Å². The van der Waals surface area contributed by atoms with Gasteiger partial charge in [0.15, 0.2) is 0 Å². The summed E-state index contributed by atoms with van der Waals surface area (Å²) in [5.41, 5.74) is 5.26. The van der Waals surface area contributed by atoms with Crippen LogP contribution in [0.4, 0.5) is 4.39 Å². The van der Waals surface area contributed by atoms with Crippen LogP contribution in [0.3, 0.4) is 0 Å². The van der Waals surface area contributed by atoms with Crippen LogP contribution in [0.15, 0.2) is 36.4 Å². The molecule has 3 N–H and O–H groups in total. The van der Waals surface area contributed by atoms with Gasteiger partial charge in [-0.2, -0.15) is 0 Å². The normalized spacial score (nSPS) is 11.9. The van der Waals surface area contributed by atoms with Crippen LogP contribution >= 0.6 is 0 Å². The van der Waals surface area contributed by atoms with Crippen molar-refractivity contribution in [1.29, 1.82) is 0 Å². The fourth-order valence-corrected chi connectivity index (χ4v) is 1.61. The number of carbonyl (C=O) groups excluding carboxylic acids is 3. The van der Waals surface area contributed by atoms with Crippen molar-refractivity contribution in [2.45, 2.75) is 19.4 Å². The average Bonchev–Trinajstić information content (AvgIpc) is 2.46. The van der Waals surface area contributed by atoms with E-state index in [1.54, 1.807) is 6.92 Å². The third-order valence-electron chi connectivity index (χ3n) is 2.65. The molecule has 0 saturated heterocycles. The lowest BCUT2D eigenvalue weighted by Crippen LogP contribution is -2.44. The van der Waals surface area contributed by atoms with Gasteiger partial charge in [-0.25, -0.2) is 9.18 Å². The first-order chi connectivity index (χ1) is 10.4. The highest BCUT2D eigenvalue weighted by Crippen LogP contribution is 2.04. The fourth-order valence-electron chi connectivity index (χ4n) is 1.61. The quantitative estimate of drug-likeness (QED) is 0.578. The molecular formula is C15H17FN2O4. The lowest BCUT2D eigenvalue weighted by molar-refractivity contribution is -0.137. The van der Waals surface area contributed by atoms with Crippen molar-refractivity contribution < 1.29 is 23.5 Å². The molecule has 6 nitrogen and oxygen atoms in total. The highest BCUT2D eigenvalue weighted by atomic mass is 19.1. The third kappa shape index (κ3) is 5.74. The van der Waals surface area contributed by atoms with Crippen molar-refractivity contribution in [3.63, 3.8) is 0 Å². The Morgan fingerprint density at radius 1 is 1.41 bits per heavy atom. The summed E-state index contributed by atoms with van der Waals surface area (Å²) in [5, 5.41) is 2.38. The average molecular weight is 308 g/mol. The molecule has 2 amide bonds. The molecule has 0 unspecified atom stereocenters. The number of hydrogen-bond donors (Lipinski definition) is 2. The Balaban J connectivity index is 2.66. The second-order valence-corrected chi connectivity index (χ2v) is 4.33. The van der Waals surface area contributed by atoms with Crippen LogP contribution in [0.5, 0.6) is 0 Å². The van der Waals surface area contributed by atoms with Crippen LogP contribution in [-0.4, -0.2) is 30.4 Å². The highest BCUT2D eigenvalue weighted by molar-refractivity contribution is 5.97. The van der Waals surface area contributed by atoms with E-state index in [1.807, 2.05) is 0 Å². The molecule has 1 atom stereocenters. The molecule has 1 aromatic carbocycles. The molecule has 118 valence electrons. The molecule has 0 aliphatic carbocycles. The molecule has 1 aromatic rings. The second-order valence-electron chi connectivity index (χ2n) is 4.33. The number of amides is 2. The summed E-state index contributed by atoms with van der Waals surface area (Å²) in [6, 6.07) is 4.02. The van der Waals surface area contributed by atoms with Gasteiger partial charge in [0.25, 0.3) is 5.91 Å². The van der Waals surface area contributed by atoms with Gasteiger partial charge < -0.3 is 15.8 Å². The molecule has 0 aromatic heterocycles. The van der Waals surface area contributed by atoms with Crippen molar-refractivity contribution in [3.05, 3.63) is 47.8 Å². The molecule has 0 heterocycles. The number of hydrogen-bond acceptors (Lipinski definition) is 4. The maximum Gasteiger partial charge on any atom is 0.330 e. The molecule has 0 saturated carbocycles. The maximum atomic E-state index is 13.1. The summed E-state index contributed by atoms with van der Waals surface area (Å²) < 4.78 is 17.7. The zero-order valence-corrected chi connectivity index (χ0v) is 12.0. The SMILES string of the molecule is CCOC(=O)/C=C/C[C@@H](NC(=O)c1cccc(F)c1)C(N)=O. The predicted octanol–water partition coefficient (Wildman–Crippen LogP) is 0.919. The monoisotopic (exact) mass is 308 g/mol. The number of carbonyl (C=O) groups is 3. The first kappa shape index (κ1) is 17.4. The predicted molar refractivity (Wildman–Crippen MR) is 77.2 cm³/mol. The van der Waals surface area contributed by atoms with Gasteiger partial charge in [0.2, 0.25) is 5.91 Å². The summed E-state index contributed by atoms with van der Waals surface area (Å²) in [7, 11) is 0. The minimum Gasteiger partial charge on any atom is -0.463 e. The lowest BCUT2D eigenvalue weighted by atomic mass is 10.1. The highest BCUT2D eigenvalue weighted by Gasteiger charge is 2.18. The van der Waals surface area contributed by atoms with Crippen molar-refractivity contribution in [3.8, 4) is 0 Å². The molecule has 0 aliphatic heterocycles. The number of ether oxygens (including phenoxy) is 1. The van der Waals surface area contributed by atoms with Gasteiger partial charge >= 0.3 is 5.97 Å². The van der Waals surface area contributed by atoms with E-state index >= 15 is 0 Å². The molecule has 22 heavy (non-hydrogen) atoms. The number of nitrogens with one attached hydrogen (secondary N) is 1. The van der Waals surface area contributed by atoms with Crippen LogP contribution in [0.25, 0.3) is 0 Å². The number of rotatable bonds is 7. The Morgan fingerprint density at radius 2 is 2.14 bits per heavy atom. The largest absolute Gasteiger partial charge is 0.463 e. The number of esters is 1. The minimum absolute atomic E-state index is 0.0230. The van der Waals surface area contributed by atoms with Crippen LogP contribution in [-0.2, 0) is 14.3 Å². The summed E-state index contributed by atoms with van der Waals surface area (Å²) in [4.78, 5) is 34.3. The number of nitrogens with two attached hydrogens (primary N) is 1. The second kappa shape index (κ2) is 8.56. The van der Waals surface area contributed by atoms with E-state index in [1.165, 1.54) is 24.3 Å². The van der Waals surface area contributed by atoms with E-state index in [9.17, 15) is 18.8 Å². The molecule has 7 heteroatoms. The Labute approximate surface area is 127 Å². The first-order valence-corrected chi connectivity index (χ1v) is 6.63. The Bertz CT molecular complexity index is 587. The number of halogens is 1. The third-order valence-corrected chi connectivity index (χ3v) is 2.65. The maximum absolute atomic E-state index is 13.1. The Morgan fingerprint density at radius 3 is 2.73 bits per heavy atom. The lowest BCUT2D eigenvalue weighted by Gasteiger charge is -2.13. The summed E-state index contributed by atoms with van der Waals surface area (Å²) in [6.07, 6.45) is 2.54. The summed E-state index contributed by atoms with van der Waals surface area (Å²) in [5.74, 6) is -2.52. The fraction of sp³-hybridized carbons (Fsp3) is 0.267. The standard InChI is InChI=1S/C15H17FN2O4/c1-2-22-13(19)8-4-7-12(14(17)20)18-15(21)10-5-3-6-11(16)9-10/h3-6,8-9,12H,2,7H2,1H3,(H2,17,20)(H,18,21)/b8-4+/t12-/m1/s1. The van der Waals surface area contributed by atoms with Gasteiger partial charge in [-0.1, -0.05) is 12.1 Å². The van der Waals surface area contributed by atoms with Crippen LogP contribution in [0.2, 0.25) is 0 Å². The zero-order valence-electron chi connectivity index (χ0n) is 12.0. The Kier molecular flexibility index (Phi) is 6.75. The van der Waals surface area contributed by atoms with Gasteiger partial charge in [-0.3, -0.25) is 9.59 Å². The van der Waals surface area contributed by atoms with Crippen molar-refractivity contribution in [2.75, 3.05) is 6.61 Å². The van der Waals surface area contributed by atoms with Gasteiger partial charge in [0.1, 0.15) is 11.9 Å². The van der Waals surface area contributed by atoms with Crippen molar-refractivity contribution >= 4 is 17.8 Å². The first-order valence-electron chi connectivity index (χ1n) is 6.63. The minimum atomic E-state index is -1.01. The topological polar surface area (TPSA) is 98.5 Å². The smallest absolute Gasteiger partial charge is 0.330 e. The van der Waals surface area contributed by atoms with E-state index < -0.39 is 29.6 Å². The van der Waals surface area contributed by atoms with Gasteiger partial charge in [0.05, 0.1) is 6.61 Å². The summed E-state index contributed by atoms with van der Waals surface area (Å²) in [6.45, 7) is 1.90. The van der Waals surface area contributed by atoms with Gasteiger partial charge in [-0.05, 0) is 31.5 Å². The number of benzene rings is 1. The van der Waals surface area contributed by atoms with E-state index in [0.717, 1.165) is 12.1 Å². The molecule has 0 bridgehead atoms.